The highest BCUT2D eigenvalue weighted by molar-refractivity contribution is 7.44. The number of ether oxygens (including phenoxy) is 4. The van der Waals surface area contributed by atoms with E-state index in [9.17, 15) is 14.9 Å². The fraction of sp³-hybridized carbons (Fsp3) is 0.321. The highest BCUT2D eigenvalue weighted by atomic mass is 31.2. The standard InChI is InChI=1S/C56H61N8O8P/c1-38(2)64(39(3)4)73(70-31-13-30-57)72-48-33-51(71-49(48)35-69-56(43-16-11-8-12-17-43,44-22-26-46(67-5)27-23-44)45-24-28-47(68-6)29-25-45)63-37-61-52-53(59-36-60-54(52)63)62-55(66)42-20-18-41(19-21-42)34-58-50(65)32-40-14-9-7-10-15-40/h7-12,14-29,36-39,48-49,51H,13,31-35H2,1-6H3,(H,58,65)(H,59,60,62,66)/t48-,49-,51-,73?/m1/s1. The molecule has 0 saturated carbocycles. The van der Waals surface area contributed by atoms with Crippen LogP contribution in [0.5, 0.6) is 11.5 Å². The number of amides is 2. The molecule has 17 heteroatoms. The summed E-state index contributed by atoms with van der Waals surface area (Å²) >= 11 is 0. The Kier molecular flexibility index (Phi) is 17.6. The summed E-state index contributed by atoms with van der Waals surface area (Å²) in [5, 5.41) is 15.4. The lowest BCUT2D eigenvalue weighted by Gasteiger charge is -2.39. The molecule has 3 heterocycles. The number of benzene rings is 5. The van der Waals surface area contributed by atoms with Crippen molar-refractivity contribution in [2.75, 3.05) is 32.8 Å². The molecule has 1 aliphatic rings. The lowest BCUT2D eigenvalue weighted by Crippen LogP contribution is -2.39. The molecule has 5 aromatic carbocycles. The van der Waals surface area contributed by atoms with Crippen LogP contribution in [0.1, 0.15) is 84.9 Å². The van der Waals surface area contributed by atoms with E-state index >= 15 is 0 Å². The predicted octanol–water partition coefficient (Wildman–Crippen LogP) is 9.91. The van der Waals surface area contributed by atoms with Gasteiger partial charge < -0.3 is 38.6 Å². The molecule has 2 N–H and O–H groups in total. The number of carbonyl (C=O) groups excluding carboxylic acids is 2. The van der Waals surface area contributed by atoms with E-state index in [1.165, 1.54) is 6.33 Å². The topological polar surface area (TPSA) is 184 Å². The molecule has 1 unspecified atom stereocenters. The Morgan fingerprint density at radius 2 is 1.42 bits per heavy atom. The van der Waals surface area contributed by atoms with E-state index in [0.29, 0.717) is 41.2 Å². The highest BCUT2D eigenvalue weighted by Gasteiger charge is 2.45. The number of carbonyl (C=O) groups is 2. The van der Waals surface area contributed by atoms with Crippen molar-refractivity contribution in [2.45, 2.75) is 89.6 Å². The third-order valence-corrected chi connectivity index (χ3v) is 14.7. The van der Waals surface area contributed by atoms with Crippen LogP contribution >= 0.6 is 8.53 Å². The maximum atomic E-state index is 13.7. The number of hydrogen-bond acceptors (Lipinski definition) is 13. The van der Waals surface area contributed by atoms with Crippen LogP contribution in [0, 0.1) is 11.3 Å². The van der Waals surface area contributed by atoms with E-state index in [2.05, 4.69) is 59.0 Å². The van der Waals surface area contributed by atoms with Crippen molar-refractivity contribution in [3.05, 3.63) is 179 Å². The predicted molar refractivity (Wildman–Crippen MR) is 279 cm³/mol. The summed E-state index contributed by atoms with van der Waals surface area (Å²) in [4.78, 5) is 40.0. The molecule has 8 rings (SSSR count). The molecule has 2 aromatic heterocycles. The van der Waals surface area contributed by atoms with Gasteiger partial charge in [0.05, 0.1) is 58.8 Å². The molecule has 16 nitrogen and oxygen atoms in total. The largest absolute Gasteiger partial charge is 0.497 e. The second-order valence-electron chi connectivity index (χ2n) is 18.0. The molecule has 4 atom stereocenters. The SMILES string of the molecule is COc1ccc(C(OC[C@H]2O[C@@H](n3cnc4c(NC(=O)c5ccc(CNC(=O)Cc6ccccc6)cc5)ncnc43)C[C@H]2OP(OCCC#N)N(C(C)C)C(C)C)(c2ccccc2)c2ccc(OC)cc2)cc1. The molecule has 0 spiro atoms. The van der Waals surface area contributed by atoms with Gasteiger partial charge >= 0.3 is 0 Å². The van der Waals surface area contributed by atoms with E-state index in [4.69, 9.17) is 33.0 Å². The van der Waals surface area contributed by atoms with Crippen molar-refractivity contribution in [1.29, 1.82) is 5.26 Å². The quantitative estimate of drug-likeness (QED) is 0.0351. The lowest BCUT2D eigenvalue weighted by molar-refractivity contribution is -0.120. The van der Waals surface area contributed by atoms with Crippen molar-refractivity contribution < 1.29 is 37.6 Å². The van der Waals surface area contributed by atoms with Crippen LogP contribution in [0.4, 0.5) is 5.82 Å². The van der Waals surface area contributed by atoms with Gasteiger partial charge in [0.25, 0.3) is 14.4 Å². The summed E-state index contributed by atoms with van der Waals surface area (Å²) in [6.07, 6.45) is 1.92. The first kappa shape index (κ1) is 52.2. The van der Waals surface area contributed by atoms with E-state index < -0.39 is 38.5 Å². The number of rotatable bonds is 23. The Balaban J connectivity index is 1.08. The van der Waals surface area contributed by atoms with Gasteiger partial charge in [-0.15, -0.1) is 0 Å². The van der Waals surface area contributed by atoms with Crippen LogP contribution in [0.25, 0.3) is 11.2 Å². The van der Waals surface area contributed by atoms with Crippen LogP contribution in [-0.4, -0.2) is 87.7 Å². The summed E-state index contributed by atoms with van der Waals surface area (Å²) in [6, 6.07) is 44.6. The van der Waals surface area contributed by atoms with Gasteiger partial charge in [-0.3, -0.25) is 14.2 Å². The normalized spacial score (nSPS) is 16.1. The maximum Gasteiger partial charge on any atom is 0.259 e. The highest BCUT2D eigenvalue weighted by Crippen LogP contribution is 2.51. The second kappa shape index (κ2) is 24.6. The van der Waals surface area contributed by atoms with Crippen LogP contribution in [-0.2, 0) is 41.9 Å². The van der Waals surface area contributed by atoms with Crippen LogP contribution in [0.15, 0.2) is 146 Å². The average Bonchev–Trinajstić information content (AvgIpc) is 4.03. The molecule has 0 bridgehead atoms. The number of aromatic nitrogens is 4. The molecule has 1 fully saturated rings. The van der Waals surface area contributed by atoms with Crippen LogP contribution in [0.3, 0.4) is 0 Å². The molecule has 0 aliphatic carbocycles. The number of methoxy groups -OCH3 is 2. The zero-order valence-electron chi connectivity index (χ0n) is 41.9. The Labute approximate surface area is 427 Å². The third-order valence-electron chi connectivity index (χ3n) is 12.5. The van der Waals surface area contributed by atoms with Gasteiger partial charge in [0.1, 0.15) is 35.8 Å². The molecular weight excluding hydrogens is 944 g/mol. The second-order valence-corrected chi connectivity index (χ2v) is 19.4. The summed E-state index contributed by atoms with van der Waals surface area (Å²) < 4.78 is 43.2. The molecule has 1 aliphatic heterocycles. The summed E-state index contributed by atoms with van der Waals surface area (Å²) in [5.41, 5.74) is 4.42. The number of nitrogens with zero attached hydrogens (tertiary/aromatic N) is 6. The molecule has 73 heavy (non-hydrogen) atoms. The molecule has 378 valence electrons. The number of anilines is 1. The van der Waals surface area contributed by atoms with E-state index in [1.54, 1.807) is 44.8 Å². The smallest absolute Gasteiger partial charge is 0.259 e. The first-order valence-corrected chi connectivity index (χ1v) is 25.4. The number of nitrogens with one attached hydrogen (secondary N) is 2. The number of imidazole rings is 1. The van der Waals surface area contributed by atoms with E-state index in [-0.39, 0.29) is 49.9 Å². The summed E-state index contributed by atoms with van der Waals surface area (Å²) in [5.74, 6) is 1.14. The van der Waals surface area contributed by atoms with Crippen molar-refractivity contribution in [3.63, 3.8) is 0 Å². The van der Waals surface area contributed by atoms with Crippen molar-refractivity contribution in [3.8, 4) is 17.6 Å². The van der Waals surface area contributed by atoms with Crippen molar-refractivity contribution in [2.24, 2.45) is 0 Å². The van der Waals surface area contributed by atoms with Gasteiger partial charge in [0, 0.05) is 30.6 Å². The molecule has 2 amide bonds. The van der Waals surface area contributed by atoms with Gasteiger partial charge in [-0.25, -0.2) is 19.6 Å². The monoisotopic (exact) mass is 1000 g/mol. The third kappa shape index (κ3) is 12.4. The Bertz CT molecular complexity index is 2880. The minimum absolute atomic E-state index is 0.0515. The molecule has 0 radical (unpaired) electrons. The van der Waals surface area contributed by atoms with Crippen LogP contribution < -0.4 is 20.1 Å². The molecule has 1 saturated heterocycles. The Morgan fingerprint density at radius 1 is 0.808 bits per heavy atom. The number of fused-ring (bicyclic) bond motifs is 1. The summed E-state index contributed by atoms with van der Waals surface area (Å²) in [7, 11) is 1.58. The van der Waals surface area contributed by atoms with Crippen LogP contribution in [0.2, 0.25) is 0 Å². The zero-order chi connectivity index (χ0) is 51.3. The number of hydrogen-bond donors (Lipinski definition) is 2. The first-order valence-electron chi connectivity index (χ1n) is 24.3. The molecular formula is C56H61N8O8P. The Morgan fingerprint density at radius 3 is 2.03 bits per heavy atom. The van der Waals surface area contributed by atoms with Gasteiger partial charge in [-0.1, -0.05) is 97.1 Å². The summed E-state index contributed by atoms with van der Waals surface area (Å²) in [6.45, 7) is 8.95. The maximum absolute atomic E-state index is 13.7. The number of nitriles is 1. The lowest BCUT2D eigenvalue weighted by atomic mass is 9.80. The first-order chi connectivity index (χ1) is 35.5. The fourth-order valence-corrected chi connectivity index (χ4v) is 10.7. The Hall–Kier alpha value is -7.09. The minimum atomic E-state index is -1.70. The van der Waals surface area contributed by atoms with Gasteiger partial charge in [0.15, 0.2) is 17.0 Å². The van der Waals surface area contributed by atoms with Gasteiger partial charge in [0.2, 0.25) is 5.91 Å². The average molecular weight is 1010 g/mol. The fourth-order valence-electron chi connectivity index (χ4n) is 8.98. The van der Waals surface area contributed by atoms with Gasteiger partial charge in [-0.05, 0) is 91.9 Å². The van der Waals surface area contributed by atoms with E-state index in [1.807, 2.05) is 114 Å². The van der Waals surface area contributed by atoms with Gasteiger partial charge in [-0.2, -0.15) is 5.26 Å². The van der Waals surface area contributed by atoms with Crippen molar-refractivity contribution in [1.82, 2.24) is 29.5 Å². The van der Waals surface area contributed by atoms with Crippen molar-refractivity contribution >= 4 is 37.3 Å². The van der Waals surface area contributed by atoms with E-state index in [0.717, 1.165) is 27.8 Å². The molecule has 7 aromatic rings. The zero-order valence-corrected chi connectivity index (χ0v) is 42.8. The minimum Gasteiger partial charge on any atom is -0.497 e.